The van der Waals surface area contributed by atoms with Crippen LogP contribution in [-0.4, -0.2) is 5.91 Å². The van der Waals surface area contributed by atoms with Crippen LogP contribution in [0.3, 0.4) is 0 Å². The molecular weight excluding hydrogens is 326 g/mol. The molecule has 108 valence electrons. The highest BCUT2D eigenvalue weighted by atomic mass is 79.9. The highest BCUT2D eigenvalue weighted by Gasteiger charge is 2.30. The number of hydrogen-bond acceptors (Lipinski definition) is 1. The predicted molar refractivity (Wildman–Crippen MR) is 89.8 cm³/mol. The van der Waals surface area contributed by atoms with E-state index in [1.54, 1.807) is 0 Å². The molecule has 0 aliphatic carbocycles. The Labute approximate surface area is 133 Å². The van der Waals surface area contributed by atoms with Gasteiger partial charge in [-0.3, -0.25) is 4.79 Å². The number of carbonyl (C=O) groups is 1. The molecule has 0 bridgehead atoms. The van der Waals surface area contributed by atoms with Crippen LogP contribution in [0, 0.1) is 0 Å². The Bertz CT molecular complexity index is 698. The molecule has 1 aliphatic rings. The van der Waals surface area contributed by atoms with Crippen molar-refractivity contribution in [3.8, 4) is 0 Å². The minimum absolute atomic E-state index is 0.0704. The zero-order valence-electron chi connectivity index (χ0n) is 12.5. The van der Waals surface area contributed by atoms with Gasteiger partial charge in [0.15, 0.2) is 0 Å². The van der Waals surface area contributed by atoms with Gasteiger partial charge in [0, 0.05) is 10.2 Å². The van der Waals surface area contributed by atoms with Crippen LogP contribution in [0.5, 0.6) is 0 Å². The third-order valence-electron chi connectivity index (χ3n) is 3.93. The second-order valence-electron chi connectivity index (χ2n) is 6.46. The Morgan fingerprint density at radius 1 is 1.05 bits per heavy atom. The highest BCUT2D eigenvalue weighted by Crippen LogP contribution is 2.33. The maximum Gasteiger partial charge on any atom is 0.260 e. The summed E-state index contributed by atoms with van der Waals surface area (Å²) >= 11 is 3.48. The van der Waals surface area contributed by atoms with Gasteiger partial charge in [-0.25, -0.2) is 0 Å². The summed E-state index contributed by atoms with van der Waals surface area (Å²) in [6, 6.07) is 14.2. The molecule has 0 aromatic heterocycles. The standard InChI is InChI=1S/C18H18BrNO/c1-18(2,3)13-7-9-14(10-8-13)20-11-12-5-4-6-15(19)16(12)17(20)21/h4-10H,11H2,1-3H3. The SMILES string of the molecule is CC(C)(C)c1ccc(N2Cc3cccc(Br)c3C2=O)cc1. The van der Waals surface area contributed by atoms with Crippen molar-refractivity contribution in [3.63, 3.8) is 0 Å². The first-order chi connectivity index (χ1) is 9.88. The summed E-state index contributed by atoms with van der Waals surface area (Å²) in [5.74, 6) is 0.0704. The number of benzene rings is 2. The molecule has 0 spiro atoms. The van der Waals surface area contributed by atoms with Crippen molar-refractivity contribution in [2.45, 2.75) is 32.7 Å². The molecule has 0 N–H and O–H groups in total. The fourth-order valence-electron chi connectivity index (χ4n) is 2.67. The van der Waals surface area contributed by atoms with Crippen LogP contribution in [0.4, 0.5) is 5.69 Å². The van der Waals surface area contributed by atoms with Crippen molar-refractivity contribution < 1.29 is 4.79 Å². The molecule has 0 unspecified atom stereocenters. The Balaban J connectivity index is 1.94. The van der Waals surface area contributed by atoms with Crippen LogP contribution in [0.15, 0.2) is 46.9 Å². The van der Waals surface area contributed by atoms with Gasteiger partial charge in [0.1, 0.15) is 0 Å². The van der Waals surface area contributed by atoms with Crippen LogP contribution in [0.1, 0.15) is 42.3 Å². The molecule has 21 heavy (non-hydrogen) atoms. The summed E-state index contributed by atoms with van der Waals surface area (Å²) in [6.07, 6.45) is 0. The lowest BCUT2D eigenvalue weighted by molar-refractivity contribution is 0.0996. The van der Waals surface area contributed by atoms with Crippen molar-refractivity contribution in [3.05, 3.63) is 63.6 Å². The van der Waals surface area contributed by atoms with Gasteiger partial charge in [0.05, 0.1) is 12.1 Å². The van der Waals surface area contributed by atoms with Gasteiger partial charge in [-0.15, -0.1) is 0 Å². The minimum atomic E-state index is 0.0704. The molecule has 1 aliphatic heterocycles. The third kappa shape index (κ3) is 2.51. The van der Waals surface area contributed by atoms with Crippen LogP contribution in [0.2, 0.25) is 0 Å². The number of hydrogen-bond donors (Lipinski definition) is 0. The van der Waals surface area contributed by atoms with Gasteiger partial charge in [-0.05, 0) is 50.7 Å². The van der Waals surface area contributed by atoms with Gasteiger partial charge in [0.2, 0.25) is 0 Å². The molecule has 0 fully saturated rings. The van der Waals surface area contributed by atoms with E-state index in [-0.39, 0.29) is 11.3 Å². The predicted octanol–water partition coefficient (Wildman–Crippen LogP) is 4.91. The number of carbonyl (C=O) groups excluding carboxylic acids is 1. The number of nitrogens with zero attached hydrogens (tertiary/aromatic N) is 1. The smallest absolute Gasteiger partial charge is 0.260 e. The van der Waals surface area contributed by atoms with Gasteiger partial charge in [0.25, 0.3) is 5.91 Å². The lowest BCUT2D eigenvalue weighted by Crippen LogP contribution is -2.23. The summed E-state index contributed by atoms with van der Waals surface area (Å²) in [5.41, 5.74) is 4.22. The van der Waals surface area contributed by atoms with E-state index in [0.29, 0.717) is 6.54 Å². The second-order valence-corrected chi connectivity index (χ2v) is 7.32. The first-order valence-electron chi connectivity index (χ1n) is 7.08. The fraction of sp³-hybridized carbons (Fsp3) is 0.278. The molecule has 0 saturated heterocycles. The minimum Gasteiger partial charge on any atom is -0.304 e. The first-order valence-corrected chi connectivity index (χ1v) is 7.87. The average Bonchev–Trinajstić information content (AvgIpc) is 2.77. The topological polar surface area (TPSA) is 20.3 Å². The molecule has 3 heteroatoms. The Morgan fingerprint density at radius 3 is 2.29 bits per heavy atom. The zero-order valence-corrected chi connectivity index (χ0v) is 14.1. The van der Waals surface area contributed by atoms with Crippen molar-refractivity contribution in [1.29, 1.82) is 0 Å². The lowest BCUT2D eigenvalue weighted by atomic mass is 9.87. The van der Waals surface area contributed by atoms with Gasteiger partial charge < -0.3 is 4.90 Å². The van der Waals surface area contributed by atoms with E-state index in [1.165, 1.54) is 5.56 Å². The maximum atomic E-state index is 12.6. The van der Waals surface area contributed by atoms with Crippen LogP contribution >= 0.6 is 15.9 Å². The number of fused-ring (bicyclic) bond motifs is 1. The number of halogens is 1. The Morgan fingerprint density at radius 2 is 1.71 bits per heavy atom. The van der Waals surface area contributed by atoms with E-state index >= 15 is 0 Å². The summed E-state index contributed by atoms with van der Waals surface area (Å²) in [5, 5.41) is 0. The number of amides is 1. The van der Waals surface area contributed by atoms with Crippen LogP contribution < -0.4 is 4.90 Å². The first kappa shape index (κ1) is 14.3. The van der Waals surface area contributed by atoms with Gasteiger partial charge >= 0.3 is 0 Å². The van der Waals surface area contributed by atoms with Crippen molar-refractivity contribution in [1.82, 2.24) is 0 Å². The van der Waals surface area contributed by atoms with E-state index in [2.05, 4.69) is 48.8 Å². The second kappa shape index (κ2) is 4.99. The van der Waals surface area contributed by atoms with Crippen LogP contribution in [0.25, 0.3) is 0 Å². The number of anilines is 1. The Hall–Kier alpha value is -1.61. The maximum absolute atomic E-state index is 12.6. The van der Waals surface area contributed by atoms with E-state index in [4.69, 9.17) is 0 Å². The van der Waals surface area contributed by atoms with E-state index in [1.807, 2.05) is 35.2 Å². The molecule has 2 aromatic carbocycles. The highest BCUT2D eigenvalue weighted by molar-refractivity contribution is 9.10. The summed E-state index contributed by atoms with van der Waals surface area (Å²) in [7, 11) is 0. The molecule has 1 amide bonds. The molecule has 1 heterocycles. The molecule has 2 aromatic rings. The van der Waals surface area contributed by atoms with E-state index in [9.17, 15) is 4.79 Å². The van der Waals surface area contributed by atoms with Gasteiger partial charge in [-0.1, -0.05) is 45.0 Å². The van der Waals surface area contributed by atoms with Crippen molar-refractivity contribution >= 4 is 27.5 Å². The monoisotopic (exact) mass is 343 g/mol. The normalized spacial score (nSPS) is 14.5. The molecule has 0 radical (unpaired) electrons. The van der Waals surface area contributed by atoms with Gasteiger partial charge in [-0.2, -0.15) is 0 Å². The van der Waals surface area contributed by atoms with Crippen LogP contribution in [-0.2, 0) is 12.0 Å². The van der Waals surface area contributed by atoms with E-state index in [0.717, 1.165) is 21.3 Å². The Kier molecular flexibility index (Phi) is 3.40. The van der Waals surface area contributed by atoms with Crippen molar-refractivity contribution in [2.75, 3.05) is 4.90 Å². The fourth-order valence-corrected chi connectivity index (χ4v) is 3.24. The molecule has 2 nitrogen and oxygen atoms in total. The number of rotatable bonds is 1. The van der Waals surface area contributed by atoms with Crippen molar-refractivity contribution in [2.24, 2.45) is 0 Å². The zero-order chi connectivity index (χ0) is 15.2. The molecule has 0 atom stereocenters. The molecule has 0 saturated carbocycles. The average molecular weight is 344 g/mol. The molecule has 3 rings (SSSR count). The summed E-state index contributed by atoms with van der Waals surface area (Å²) in [4.78, 5) is 14.4. The lowest BCUT2D eigenvalue weighted by Gasteiger charge is -2.21. The quantitative estimate of drug-likeness (QED) is 0.720. The van der Waals surface area contributed by atoms with E-state index < -0.39 is 0 Å². The summed E-state index contributed by atoms with van der Waals surface area (Å²) < 4.78 is 0.874. The largest absolute Gasteiger partial charge is 0.304 e. The summed E-state index contributed by atoms with van der Waals surface area (Å²) in [6.45, 7) is 7.21. The third-order valence-corrected chi connectivity index (χ3v) is 4.59. The molecular formula is C18H18BrNO.